The van der Waals surface area contributed by atoms with E-state index in [1.807, 2.05) is 0 Å². The number of carbonyl (C=O) groups excluding carboxylic acids is 1. The van der Waals surface area contributed by atoms with E-state index in [0.29, 0.717) is 0 Å². The van der Waals surface area contributed by atoms with Crippen LogP contribution in [-0.4, -0.2) is 49.2 Å². The largest absolute Gasteiger partial charge is 0.480 e. The molecular weight excluding hydrogens is 286 g/mol. The van der Waals surface area contributed by atoms with Crippen LogP contribution in [0.25, 0.3) is 0 Å². The number of carboxylic acid groups (broad SMARTS) is 1. The van der Waals surface area contributed by atoms with Gasteiger partial charge in [-0.25, -0.2) is 4.98 Å². The quantitative estimate of drug-likeness (QED) is 0.541. The number of aliphatic carboxylic acids is 1. The standard InChI is InChI=1S/C5H5N3O.C5H12N2O3S/c6-5(9)4-3-7-1-2-8-4;1-11(7,10)3-2-4(6)5(8)9/h1-3H,(H2,6,9);4,7H,2-3,6H2,1H3,(H,8,9)/t;4-,11?/m.0/s1. The Morgan fingerprint density at radius 1 is 1.50 bits per heavy atom. The van der Waals surface area contributed by atoms with E-state index in [1.165, 1.54) is 24.8 Å². The summed E-state index contributed by atoms with van der Waals surface area (Å²) in [6.07, 6.45) is 5.57. The van der Waals surface area contributed by atoms with Gasteiger partial charge in [0.25, 0.3) is 5.91 Å². The molecule has 1 aromatic rings. The predicted molar refractivity (Wildman–Crippen MR) is 72.4 cm³/mol. The van der Waals surface area contributed by atoms with Gasteiger partial charge < -0.3 is 16.6 Å². The minimum absolute atomic E-state index is 0.0421. The number of hydrogen-bond donors (Lipinski definition) is 4. The molecule has 10 heteroatoms. The van der Waals surface area contributed by atoms with E-state index in [9.17, 15) is 13.8 Å². The fourth-order valence-corrected chi connectivity index (χ4v) is 1.61. The van der Waals surface area contributed by atoms with Crippen LogP contribution >= 0.6 is 0 Å². The minimum Gasteiger partial charge on any atom is -0.480 e. The summed E-state index contributed by atoms with van der Waals surface area (Å²) in [5.74, 6) is -1.63. The molecule has 112 valence electrons. The Morgan fingerprint density at radius 2 is 2.10 bits per heavy atom. The molecule has 0 aliphatic rings. The van der Waals surface area contributed by atoms with Crippen molar-refractivity contribution in [2.75, 3.05) is 12.0 Å². The molecule has 9 nitrogen and oxygen atoms in total. The Kier molecular flexibility index (Phi) is 7.33. The van der Waals surface area contributed by atoms with E-state index < -0.39 is 27.6 Å². The molecule has 0 bridgehead atoms. The highest BCUT2D eigenvalue weighted by atomic mass is 32.2. The van der Waals surface area contributed by atoms with Crippen LogP contribution in [0, 0.1) is 4.78 Å². The SMILES string of the molecule is CS(=N)(=O)CC[C@H](N)C(=O)O.NC(=O)c1cnccn1. The zero-order chi connectivity index (χ0) is 15.8. The third-order valence-corrected chi connectivity index (χ3v) is 2.97. The van der Waals surface area contributed by atoms with Crippen LogP contribution in [0.15, 0.2) is 18.6 Å². The number of carboxylic acids is 1. The van der Waals surface area contributed by atoms with Gasteiger partial charge in [0.2, 0.25) is 0 Å². The summed E-state index contributed by atoms with van der Waals surface area (Å²) in [6, 6.07) is -0.999. The maximum absolute atomic E-state index is 10.7. The molecule has 1 amide bonds. The second kappa shape index (κ2) is 8.17. The normalized spacial score (nSPS) is 14.3. The van der Waals surface area contributed by atoms with E-state index in [1.54, 1.807) is 0 Å². The first-order chi connectivity index (χ1) is 9.13. The molecule has 1 heterocycles. The average Bonchev–Trinajstić information content (AvgIpc) is 2.36. The lowest BCUT2D eigenvalue weighted by Gasteiger charge is -2.04. The molecule has 0 saturated carbocycles. The third kappa shape index (κ3) is 8.94. The Morgan fingerprint density at radius 3 is 2.40 bits per heavy atom. The Balaban J connectivity index is 0.000000367. The fourth-order valence-electron chi connectivity index (χ4n) is 0.902. The van der Waals surface area contributed by atoms with Crippen LogP contribution in [-0.2, 0) is 14.5 Å². The zero-order valence-electron chi connectivity index (χ0n) is 10.9. The van der Waals surface area contributed by atoms with Gasteiger partial charge in [0.05, 0.1) is 6.20 Å². The molecule has 1 aromatic heterocycles. The zero-order valence-corrected chi connectivity index (χ0v) is 11.7. The number of nitrogens with one attached hydrogen (secondary N) is 1. The predicted octanol–water partition coefficient (Wildman–Crippen LogP) is -0.960. The van der Waals surface area contributed by atoms with Crippen LogP contribution in [0.1, 0.15) is 16.9 Å². The number of hydrogen-bond acceptors (Lipinski definition) is 7. The van der Waals surface area contributed by atoms with Crippen LogP contribution in [0.4, 0.5) is 0 Å². The maximum Gasteiger partial charge on any atom is 0.320 e. The van der Waals surface area contributed by atoms with Crippen LogP contribution in [0.5, 0.6) is 0 Å². The fraction of sp³-hybridized carbons (Fsp3) is 0.400. The van der Waals surface area contributed by atoms with Crippen molar-refractivity contribution in [3.63, 3.8) is 0 Å². The van der Waals surface area contributed by atoms with Crippen molar-refractivity contribution in [2.24, 2.45) is 11.5 Å². The number of amides is 1. The molecule has 0 saturated heterocycles. The molecule has 0 aromatic carbocycles. The number of primary amides is 1. The highest BCUT2D eigenvalue weighted by Crippen LogP contribution is 1.94. The summed E-state index contributed by atoms with van der Waals surface area (Å²) in [5, 5.41) is 8.30. The van der Waals surface area contributed by atoms with Gasteiger partial charge in [0, 0.05) is 34.1 Å². The minimum atomic E-state index is -2.60. The van der Waals surface area contributed by atoms with E-state index in [2.05, 4.69) is 9.97 Å². The summed E-state index contributed by atoms with van der Waals surface area (Å²) in [5.41, 5.74) is 10.2. The Labute approximate surface area is 116 Å². The average molecular weight is 303 g/mol. The lowest BCUT2D eigenvalue weighted by Crippen LogP contribution is -2.31. The van der Waals surface area contributed by atoms with E-state index in [-0.39, 0.29) is 17.9 Å². The molecule has 6 N–H and O–H groups in total. The van der Waals surface area contributed by atoms with Crippen molar-refractivity contribution in [1.29, 1.82) is 4.78 Å². The van der Waals surface area contributed by atoms with Crippen molar-refractivity contribution in [1.82, 2.24) is 9.97 Å². The smallest absolute Gasteiger partial charge is 0.320 e. The molecule has 0 aliphatic carbocycles. The van der Waals surface area contributed by atoms with Gasteiger partial charge in [-0.2, -0.15) is 0 Å². The van der Waals surface area contributed by atoms with Gasteiger partial charge in [0.1, 0.15) is 11.7 Å². The van der Waals surface area contributed by atoms with E-state index >= 15 is 0 Å². The molecule has 0 spiro atoms. The van der Waals surface area contributed by atoms with E-state index in [4.69, 9.17) is 21.4 Å². The Hall–Kier alpha value is -2.07. The Bertz CT molecular complexity index is 546. The van der Waals surface area contributed by atoms with Crippen molar-refractivity contribution < 1.29 is 18.9 Å². The molecule has 0 radical (unpaired) electrons. The molecule has 2 atom stereocenters. The lowest BCUT2D eigenvalue weighted by molar-refractivity contribution is -0.138. The van der Waals surface area contributed by atoms with Gasteiger partial charge in [0.15, 0.2) is 0 Å². The van der Waals surface area contributed by atoms with Gasteiger partial charge in [-0.1, -0.05) is 0 Å². The second-order valence-corrected chi connectivity index (χ2v) is 6.32. The first-order valence-corrected chi connectivity index (χ1v) is 7.52. The summed E-state index contributed by atoms with van der Waals surface area (Å²) >= 11 is 0. The number of aromatic nitrogens is 2. The van der Waals surface area contributed by atoms with Crippen molar-refractivity contribution >= 4 is 21.6 Å². The highest BCUT2D eigenvalue weighted by molar-refractivity contribution is 7.91. The highest BCUT2D eigenvalue weighted by Gasteiger charge is 2.12. The number of nitrogens with two attached hydrogens (primary N) is 2. The number of carbonyl (C=O) groups is 2. The van der Waals surface area contributed by atoms with Crippen molar-refractivity contribution in [2.45, 2.75) is 12.5 Å². The summed E-state index contributed by atoms with van der Waals surface area (Å²) in [4.78, 5) is 27.7. The molecular formula is C10H17N5O4S. The summed E-state index contributed by atoms with van der Waals surface area (Å²) in [6.45, 7) is 0. The van der Waals surface area contributed by atoms with E-state index in [0.717, 1.165) is 0 Å². The summed E-state index contributed by atoms with van der Waals surface area (Å²) < 4.78 is 17.7. The number of rotatable bonds is 5. The van der Waals surface area contributed by atoms with Crippen LogP contribution in [0.2, 0.25) is 0 Å². The van der Waals surface area contributed by atoms with Gasteiger partial charge >= 0.3 is 5.97 Å². The van der Waals surface area contributed by atoms with Crippen LogP contribution < -0.4 is 11.5 Å². The topological polar surface area (TPSA) is 173 Å². The maximum atomic E-state index is 10.7. The molecule has 1 rings (SSSR count). The molecule has 0 aliphatic heterocycles. The van der Waals surface area contributed by atoms with Gasteiger partial charge in [-0.3, -0.25) is 23.6 Å². The van der Waals surface area contributed by atoms with Crippen molar-refractivity contribution in [3.8, 4) is 0 Å². The second-order valence-electron chi connectivity index (χ2n) is 3.90. The molecule has 1 unspecified atom stereocenters. The first kappa shape index (κ1) is 17.9. The third-order valence-electron chi connectivity index (χ3n) is 1.95. The molecule has 0 fully saturated rings. The monoisotopic (exact) mass is 303 g/mol. The molecule has 20 heavy (non-hydrogen) atoms. The van der Waals surface area contributed by atoms with Crippen molar-refractivity contribution in [3.05, 3.63) is 24.3 Å². The van der Waals surface area contributed by atoms with Gasteiger partial charge in [-0.15, -0.1) is 0 Å². The summed E-state index contributed by atoms with van der Waals surface area (Å²) in [7, 11) is -2.60. The van der Waals surface area contributed by atoms with Gasteiger partial charge in [-0.05, 0) is 6.42 Å². The number of nitrogens with zero attached hydrogens (tertiary/aromatic N) is 2. The van der Waals surface area contributed by atoms with Crippen LogP contribution in [0.3, 0.4) is 0 Å². The lowest BCUT2D eigenvalue weighted by atomic mass is 10.2. The first-order valence-electron chi connectivity index (χ1n) is 5.39.